The molecule has 0 N–H and O–H groups in total. The average Bonchev–Trinajstić information content (AvgIpc) is 2.74. The Hall–Kier alpha value is -3.47. The van der Waals surface area contributed by atoms with Crippen molar-refractivity contribution in [2.24, 2.45) is 4.99 Å². The minimum absolute atomic E-state index is 0.0138. The third kappa shape index (κ3) is 7.51. The average molecular weight is 494 g/mol. The Morgan fingerprint density at radius 2 is 1.34 bits per heavy atom. The number of para-hydroxylation sites is 1. The van der Waals surface area contributed by atoms with Gasteiger partial charge in [0.2, 0.25) is 5.90 Å². The second-order valence-corrected chi connectivity index (χ2v) is 8.01. The number of rotatable bonds is 7. The maximum absolute atomic E-state index is 12.0. The van der Waals surface area contributed by atoms with Crippen molar-refractivity contribution < 1.29 is 47.6 Å². The van der Waals surface area contributed by atoms with Crippen LogP contribution in [0.5, 0.6) is 0 Å². The summed E-state index contributed by atoms with van der Waals surface area (Å²) in [7, 11) is 1.36. The van der Waals surface area contributed by atoms with E-state index in [9.17, 15) is 19.2 Å². The Morgan fingerprint density at radius 1 is 0.829 bits per heavy atom. The summed E-state index contributed by atoms with van der Waals surface area (Å²) in [4.78, 5) is 52.0. The second kappa shape index (κ2) is 12.3. The molecule has 0 spiro atoms. The van der Waals surface area contributed by atoms with Crippen LogP contribution in [0.4, 0.5) is 5.69 Å². The molecule has 11 nitrogen and oxygen atoms in total. The number of hydrogen-bond acceptors (Lipinski definition) is 11. The molecular weight excluding hydrogens is 462 g/mol. The first-order valence-corrected chi connectivity index (χ1v) is 10.9. The zero-order valence-corrected chi connectivity index (χ0v) is 20.9. The Balaban J connectivity index is 2.65. The highest BCUT2D eigenvalue weighted by molar-refractivity contribution is 5.86. The van der Waals surface area contributed by atoms with Gasteiger partial charge in [-0.15, -0.1) is 0 Å². The molecule has 1 saturated heterocycles. The van der Waals surface area contributed by atoms with Crippen molar-refractivity contribution in [3.63, 3.8) is 0 Å². The standard InChI is InChI=1S/C24H31NO10/c1-12-9-8-10-13(2)19(12)25-24(30-7)23-22(34-17(6)29)21(33-16(5)28)20(32-15(4)27)18(35-23)11-31-14(3)26/h8-10,18,20-23H,11H2,1-7H3/t18-,20-,21+,22-,23+/m1/s1. The van der Waals surface area contributed by atoms with Gasteiger partial charge in [0.1, 0.15) is 12.7 Å². The number of aryl methyl sites for hydroxylation is 2. The quantitative estimate of drug-likeness (QED) is 0.240. The Morgan fingerprint density at radius 3 is 1.83 bits per heavy atom. The van der Waals surface area contributed by atoms with Crippen LogP contribution in [0.3, 0.4) is 0 Å². The summed E-state index contributed by atoms with van der Waals surface area (Å²) in [6, 6.07) is 5.61. The predicted molar refractivity (Wildman–Crippen MR) is 122 cm³/mol. The zero-order chi connectivity index (χ0) is 26.3. The molecule has 1 aromatic carbocycles. The van der Waals surface area contributed by atoms with Gasteiger partial charge in [-0.2, -0.15) is 0 Å². The smallest absolute Gasteiger partial charge is 0.303 e. The number of carbonyl (C=O) groups is 4. The van der Waals surface area contributed by atoms with E-state index in [1.54, 1.807) is 0 Å². The Bertz CT molecular complexity index is 968. The Kier molecular flexibility index (Phi) is 9.76. The van der Waals surface area contributed by atoms with Gasteiger partial charge in [-0.3, -0.25) is 19.2 Å². The molecule has 2 rings (SSSR count). The normalized spacial score (nSPS) is 24.2. The molecule has 1 fully saturated rings. The maximum Gasteiger partial charge on any atom is 0.303 e. The molecule has 0 radical (unpaired) electrons. The van der Waals surface area contributed by atoms with Crippen molar-refractivity contribution in [2.45, 2.75) is 72.1 Å². The topological polar surface area (TPSA) is 136 Å². The second-order valence-electron chi connectivity index (χ2n) is 8.01. The van der Waals surface area contributed by atoms with Crippen LogP contribution in [0.15, 0.2) is 23.2 Å². The van der Waals surface area contributed by atoms with Crippen LogP contribution >= 0.6 is 0 Å². The van der Waals surface area contributed by atoms with E-state index in [1.807, 2.05) is 32.0 Å². The van der Waals surface area contributed by atoms with E-state index in [1.165, 1.54) is 21.0 Å². The number of hydrogen-bond donors (Lipinski definition) is 0. The maximum atomic E-state index is 12.0. The van der Waals surface area contributed by atoms with Gasteiger partial charge in [-0.1, -0.05) is 18.2 Å². The molecule has 1 heterocycles. The number of benzene rings is 1. The number of esters is 4. The highest BCUT2D eigenvalue weighted by Crippen LogP contribution is 2.32. The van der Waals surface area contributed by atoms with Gasteiger partial charge in [0.05, 0.1) is 12.8 Å². The molecule has 0 aliphatic carbocycles. The molecule has 35 heavy (non-hydrogen) atoms. The van der Waals surface area contributed by atoms with Crippen LogP contribution in [-0.4, -0.2) is 74.0 Å². The summed E-state index contributed by atoms with van der Waals surface area (Å²) < 4.78 is 33.0. The van der Waals surface area contributed by atoms with Crippen LogP contribution in [0.2, 0.25) is 0 Å². The van der Waals surface area contributed by atoms with Gasteiger partial charge < -0.3 is 28.4 Å². The molecule has 1 aliphatic rings. The minimum Gasteiger partial charge on any atom is -0.482 e. The summed E-state index contributed by atoms with van der Waals surface area (Å²) in [5, 5.41) is 0. The van der Waals surface area contributed by atoms with Gasteiger partial charge in [0, 0.05) is 27.7 Å². The first kappa shape index (κ1) is 27.8. The van der Waals surface area contributed by atoms with E-state index in [2.05, 4.69) is 4.99 Å². The van der Waals surface area contributed by atoms with Crippen molar-refractivity contribution >= 4 is 35.5 Å². The molecule has 192 valence electrons. The van der Waals surface area contributed by atoms with Crippen LogP contribution < -0.4 is 0 Å². The molecule has 0 aromatic heterocycles. The Labute approximate surface area is 203 Å². The minimum atomic E-state index is -1.31. The van der Waals surface area contributed by atoms with Crippen LogP contribution in [-0.2, 0) is 47.6 Å². The first-order valence-electron chi connectivity index (χ1n) is 10.9. The molecular formula is C24H31NO10. The highest BCUT2D eigenvalue weighted by Gasteiger charge is 2.54. The van der Waals surface area contributed by atoms with Gasteiger partial charge in [0.15, 0.2) is 24.4 Å². The fourth-order valence-corrected chi connectivity index (χ4v) is 3.74. The SMILES string of the molecule is COC(=Nc1c(C)cccc1C)[C@H]1O[C@H](COC(C)=O)[C@@H](OC(C)=O)[C@H](OC(C)=O)[C@H]1OC(C)=O. The number of carbonyl (C=O) groups excluding carboxylic acids is 4. The first-order chi connectivity index (χ1) is 16.4. The van der Waals surface area contributed by atoms with E-state index in [4.69, 9.17) is 28.4 Å². The number of methoxy groups -OCH3 is 1. The number of ether oxygens (including phenoxy) is 6. The molecule has 0 unspecified atom stereocenters. The van der Waals surface area contributed by atoms with E-state index in [0.717, 1.165) is 25.0 Å². The fraction of sp³-hybridized carbons (Fsp3) is 0.542. The summed E-state index contributed by atoms with van der Waals surface area (Å²) in [5.74, 6) is -2.72. The zero-order valence-electron chi connectivity index (χ0n) is 20.9. The van der Waals surface area contributed by atoms with E-state index in [-0.39, 0.29) is 12.5 Å². The molecule has 0 saturated carbocycles. The third-order valence-corrected chi connectivity index (χ3v) is 5.10. The van der Waals surface area contributed by atoms with Crippen LogP contribution in [0.25, 0.3) is 0 Å². The van der Waals surface area contributed by atoms with Crippen molar-refractivity contribution in [3.8, 4) is 0 Å². The van der Waals surface area contributed by atoms with Crippen LogP contribution in [0, 0.1) is 13.8 Å². The molecule has 0 bridgehead atoms. The summed E-state index contributed by atoms with van der Waals surface area (Å²) in [5.41, 5.74) is 2.31. The summed E-state index contributed by atoms with van der Waals surface area (Å²) in [6.45, 7) is 8.08. The summed E-state index contributed by atoms with van der Waals surface area (Å²) >= 11 is 0. The molecule has 1 aliphatic heterocycles. The monoisotopic (exact) mass is 493 g/mol. The van der Waals surface area contributed by atoms with Gasteiger partial charge >= 0.3 is 23.9 Å². The molecule has 5 atom stereocenters. The van der Waals surface area contributed by atoms with E-state index < -0.39 is 54.4 Å². The predicted octanol–water partition coefficient (Wildman–Crippen LogP) is 2.11. The highest BCUT2D eigenvalue weighted by atomic mass is 16.7. The largest absolute Gasteiger partial charge is 0.482 e. The van der Waals surface area contributed by atoms with Gasteiger partial charge in [-0.25, -0.2) is 4.99 Å². The third-order valence-electron chi connectivity index (χ3n) is 5.10. The van der Waals surface area contributed by atoms with Crippen molar-refractivity contribution in [3.05, 3.63) is 29.3 Å². The molecule has 11 heteroatoms. The van der Waals surface area contributed by atoms with E-state index >= 15 is 0 Å². The van der Waals surface area contributed by atoms with Crippen molar-refractivity contribution in [1.82, 2.24) is 0 Å². The number of nitrogens with zero attached hydrogens (tertiary/aromatic N) is 1. The molecule has 1 aromatic rings. The lowest BCUT2D eigenvalue weighted by atomic mass is 9.93. The van der Waals surface area contributed by atoms with Crippen LogP contribution in [0.1, 0.15) is 38.8 Å². The van der Waals surface area contributed by atoms with Gasteiger partial charge in [-0.05, 0) is 25.0 Å². The lowest BCUT2D eigenvalue weighted by Gasteiger charge is -2.44. The number of aliphatic imine (C=N–C) groups is 1. The van der Waals surface area contributed by atoms with Crippen molar-refractivity contribution in [2.75, 3.05) is 13.7 Å². The fourth-order valence-electron chi connectivity index (χ4n) is 3.74. The lowest BCUT2D eigenvalue weighted by Crippen LogP contribution is -2.64. The molecule has 0 amide bonds. The lowest BCUT2D eigenvalue weighted by molar-refractivity contribution is -0.242. The van der Waals surface area contributed by atoms with Crippen molar-refractivity contribution in [1.29, 1.82) is 0 Å². The van der Waals surface area contributed by atoms with Gasteiger partial charge in [0.25, 0.3) is 0 Å². The van der Waals surface area contributed by atoms with E-state index in [0.29, 0.717) is 5.69 Å². The summed E-state index contributed by atoms with van der Waals surface area (Å²) in [6.07, 6.45) is -6.15.